The van der Waals surface area contributed by atoms with Crippen molar-refractivity contribution in [2.24, 2.45) is 0 Å². The summed E-state index contributed by atoms with van der Waals surface area (Å²) in [5, 5.41) is 11.4. The Kier molecular flexibility index (Phi) is 5.80. The molecule has 1 N–H and O–H groups in total. The Hall–Kier alpha value is -2.82. The minimum Gasteiger partial charge on any atom is -0.444 e. The van der Waals surface area contributed by atoms with Gasteiger partial charge in [-0.3, -0.25) is 4.79 Å². The van der Waals surface area contributed by atoms with Crippen molar-refractivity contribution in [2.45, 2.75) is 26.4 Å². The van der Waals surface area contributed by atoms with Crippen molar-refractivity contribution in [1.29, 1.82) is 5.26 Å². The van der Waals surface area contributed by atoms with Crippen molar-refractivity contribution in [2.75, 3.05) is 37.6 Å². The number of nitrogens with zero attached hydrogens (tertiary/aromatic N) is 4. The number of ether oxygens (including phenoxy) is 1. The third-order valence-electron chi connectivity index (χ3n) is 3.61. The Bertz CT molecular complexity index is 670. The number of hydrogen-bond acceptors (Lipinski definition) is 6. The largest absolute Gasteiger partial charge is 0.444 e. The average Bonchev–Trinajstić information content (AvgIpc) is 2.58. The van der Waals surface area contributed by atoms with Crippen LogP contribution in [0.25, 0.3) is 0 Å². The predicted octanol–water partition coefficient (Wildman–Crippen LogP) is 1.13. The van der Waals surface area contributed by atoms with Crippen molar-refractivity contribution < 1.29 is 14.3 Å². The maximum atomic E-state index is 12.2. The molecule has 0 atom stereocenters. The number of alkyl carbamates (subject to hydrolysis) is 1. The lowest BCUT2D eigenvalue weighted by Gasteiger charge is -2.35. The van der Waals surface area contributed by atoms with Gasteiger partial charge in [-0.05, 0) is 32.9 Å². The zero-order valence-corrected chi connectivity index (χ0v) is 14.8. The summed E-state index contributed by atoms with van der Waals surface area (Å²) in [6.45, 7) is 7.53. The number of rotatable bonds is 3. The first-order chi connectivity index (χ1) is 11.8. The van der Waals surface area contributed by atoms with E-state index in [1.165, 1.54) is 0 Å². The highest BCUT2D eigenvalue weighted by molar-refractivity contribution is 5.82. The number of carbonyl (C=O) groups excluding carboxylic acids is 2. The molecule has 8 nitrogen and oxygen atoms in total. The van der Waals surface area contributed by atoms with Gasteiger partial charge in [0.1, 0.15) is 18.0 Å². The van der Waals surface area contributed by atoms with Gasteiger partial charge < -0.3 is 19.9 Å². The van der Waals surface area contributed by atoms with Crippen LogP contribution in [0.3, 0.4) is 0 Å². The van der Waals surface area contributed by atoms with E-state index in [1.54, 1.807) is 44.0 Å². The zero-order chi connectivity index (χ0) is 18.4. The fourth-order valence-corrected chi connectivity index (χ4v) is 2.42. The predicted molar refractivity (Wildman–Crippen MR) is 92.0 cm³/mol. The molecular weight excluding hydrogens is 322 g/mol. The summed E-state index contributed by atoms with van der Waals surface area (Å²) in [6, 6.07) is 5.49. The summed E-state index contributed by atoms with van der Waals surface area (Å²) in [7, 11) is 0. The maximum absolute atomic E-state index is 12.2. The quantitative estimate of drug-likeness (QED) is 0.882. The molecular formula is C17H23N5O3. The monoisotopic (exact) mass is 345 g/mol. The van der Waals surface area contributed by atoms with Crippen molar-refractivity contribution >= 4 is 17.8 Å². The molecule has 0 aromatic carbocycles. The minimum atomic E-state index is -0.600. The Morgan fingerprint density at radius 2 is 2.00 bits per heavy atom. The third-order valence-corrected chi connectivity index (χ3v) is 3.61. The first-order valence-electron chi connectivity index (χ1n) is 8.14. The van der Waals surface area contributed by atoms with Gasteiger partial charge in [0.2, 0.25) is 5.91 Å². The smallest absolute Gasteiger partial charge is 0.408 e. The average molecular weight is 345 g/mol. The van der Waals surface area contributed by atoms with Gasteiger partial charge in [-0.1, -0.05) is 0 Å². The topological polar surface area (TPSA) is 98.6 Å². The second-order valence-electron chi connectivity index (χ2n) is 6.74. The molecule has 1 aliphatic rings. The van der Waals surface area contributed by atoms with Crippen molar-refractivity contribution in [3.05, 3.63) is 23.9 Å². The second-order valence-corrected chi connectivity index (χ2v) is 6.74. The Morgan fingerprint density at radius 3 is 2.60 bits per heavy atom. The summed E-state index contributed by atoms with van der Waals surface area (Å²) < 4.78 is 5.11. The number of piperazine rings is 1. The molecule has 2 rings (SSSR count). The molecule has 0 radical (unpaired) electrons. The van der Waals surface area contributed by atoms with Crippen LogP contribution in [0.1, 0.15) is 26.3 Å². The van der Waals surface area contributed by atoms with Crippen molar-refractivity contribution in [1.82, 2.24) is 15.2 Å². The van der Waals surface area contributed by atoms with E-state index in [-0.39, 0.29) is 12.5 Å². The molecule has 2 heterocycles. The molecule has 0 bridgehead atoms. The molecule has 1 saturated heterocycles. The highest BCUT2D eigenvalue weighted by Gasteiger charge is 2.23. The van der Waals surface area contributed by atoms with Gasteiger partial charge in [-0.2, -0.15) is 5.26 Å². The normalized spacial score (nSPS) is 14.6. The molecule has 25 heavy (non-hydrogen) atoms. The number of anilines is 1. The van der Waals surface area contributed by atoms with Gasteiger partial charge in [0, 0.05) is 32.4 Å². The van der Waals surface area contributed by atoms with E-state index in [0.717, 1.165) is 5.82 Å². The van der Waals surface area contributed by atoms with Gasteiger partial charge in [0.25, 0.3) is 0 Å². The number of carbonyl (C=O) groups is 2. The highest BCUT2D eigenvalue weighted by Crippen LogP contribution is 2.14. The highest BCUT2D eigenvalue weighted by atomic mass is 16.6. The Morgan fingerprint density at radius 1 is 1.32 bits per heavy atom. The van der Waals surface area contributed by atoms with Crippen LogP contribution in [-0.4, -0.2) is 60.2 Å². The summed E-state index contributed by atoms with van der Waals surface area (Å²) >= 11 is 0. The molecule has 2 amide bonds. The van der Waals surface area contributed by atoms with Crippen LogP contribution < -0.4 is 10.2 Å². The van der Waals surface area contributed by atoms with Gasteiger partial charge >= 0.3 is 6.09 Å². The van der Waals surface area contributed by atoms with E-state index in [4.69, 9.17) is 10.00 Å². The molecule has 0 saturated carbocycles. The molecule has 134 valence electrons. The molecule has 1 aromatic heterocycles. The molecule has 8 heteroatoms. The maximum Gasteiger partial charge on any atom is 0.408 e. The van der Waals surface area contributed by atoms with E-state index in [0.29, 0.717) is 31.7 Å². The lowest BCUT2D eigenvalue weighted by molar-refractivity contribution is -0.130. The van der Waals surface area contributed by atoms with Crippen LogP contribution in [0, 0.1) is 11.3 Å². The van der Waals surface area contributed by atoms with Crippen LogP contribution in [0.5, 0.6) is 0 Å². The van der Waals surface area contributed by atoms with Crippen LogP contribution in [0.15, 0.2) is 18.3 Å². The van der Waals surface area contributed by atoms with Crippen molar-refractivity contribution in [3.8, 4) is 6.07 Å². The van der Waals surface area contributed by atoms with Crippen LogP contribution in [0.4, 0.5) is 10.6 Å². The summed E-state index contributed by atoms with van der Waals surface area (Å²) in [5.74, 6) is 0.585. The second kappa shape index (κ2) is 7.83. The number of nitriles is 1. The van der Waals surface area contributed by atoms with E-state index >= 15 is 0 Å². The zero-order valence-electron chi connectivity index (χ0n) is 14.8. The van der Waals surface area contributed by atoms with Gasteiger partial charge in [0.15, 0.2) is 0 Å². The first kappa shape index (κ1) is 18.5. The molecule has 1 aromatic rings. The first-order valence-corrected chi connectivity index (χ1v) is 8.14. The van der Waals surface area contributed by atoms with E-state index in [2.05, 4.69) is 16.4 Å². The standard InChI is InChI=1S/C17H23N5O3/c1-17(2,3)25-16(24)20-12-15(23)22-8-6-21(7-9-22)14-10-13(11-18)4-5-19-14/h4-5,10H,6-9,12H2,1-3H3,(H,20,24). The molecule has 0 spiro atoms. The van der Waals surface area contributed by atoms with Gasteiger partial charge in [-0.15, -0.1) is 0 Å². The lowest BCUT2D eigenvalue weighted by Crippen LogP contribution is -2.51. The van der Waals surface area contributed by atoms with Crippen LogP contribution >= 0.6 is 0 Å². The number of pyridine rings is 1. The number of nitrogens with one attached hydrogen (secondary N) is 1. The summed E-state index contributed by atoms with van der Waals surface area (Å²) in [6.07, 6.45) is 1.01. The van der Waals surface area contributed by atoms with Gasteiger partial charge in [0.05, 0.1) is 11.6 Å². The van der Waals surface area contributed by atoms with Crippen molar-refractivity contribution in [3.63, 3.8) is 0 Å². The Balaban J connectivity index is 1.80. The lowest BCUT2D eigenvalue weighted by atomic mass is 10.2. The van der Waals surface area contributed by atoms with Crippen LogP contribution in [-0.2, 0) is 9.53 Å². The van der Waals surface area contributed by atoms with E-state index in [9.17, 15) is 9.59 Å². The SMILES string of the molecule is CC(C)(C)OC(=O)NCC(=O)N1CCN(c2cc(C#N)ccn2)CC1. The minimum absolute atomic E-state index is 0.0862. The van der Waals surface area contributed by atoms with Gasteiger partial charge in [-0.25, -0.2) is 9.78 Å². The fourth-order valence-electron chi connectivity index (χ4n) is 2.42. The molecule has 0 aliphatic carbocycles. The van der Waals surface area contributed by atoms with Crippen LogP contribution in [0.2, 0.25) is 0 Å². The number of hydrogen-bond donors (Lipinski definition) is 1. The van der Waals surface area contributed by atoms with E-state index < -0.39 is 11.7 Å². The summed E-state index contributed by atoms with van der Waals surface area (Å²) in [5.41, 5.74) is -0.0333. The summed E-state index contributed by atoms with van der Waals surface area (Å²) in [4.78, 5) is 31.8. The number of amides is 2. The van der Waals surface area contributed by atoms with E-state index in [1.807, 2.05) is 4.90 Å². The third kappa shape index (κ3) is 5.64. The molecule has 1 fully saturated rings. The number of aromatic nitrogens is 1. The molecule has 0 unspecified atom stereocenters. The Labute approximate surface area is 147 Å². The fraction of sp³-hybridized carbons (Fsp3) is 0.529. The molecule has 1 aliphatic heterocycles.